The van der Waals surface area contributed by atoms with E-state index in [1.165, 1.54) is 0 Å². The van der Waals surface area contributed by atoms with E-state index in [0.29, 0.717) is 6.08 Å². The van der Waals surface area contributed by atoms with Crippen LogP contribution in [0.15, 0.2) is 12.7 Å². The molecule has 0 unspecified atom stereocenters. The first-order valence-corrected chi connectivity index (χ1v) is 5.67. The first kappa shape index (κ1) is 19.0. The van der Waals surface area contributed by atoms with E-state index in [-0.39, 0.29) is 0 Å². The summed E-state index contributed by atoms with van der Waals surface area (Å²) >= 11 is 0. The first-order valence-electron chi connectivity index (χ1n) is 4.26. The van der Waals surface area contributed by atoms with Crippen molar-refractivity contribution in [3.8, 4) is 0 Å². The van der Waals surface area contributed by atoms with Gasteiger partial charge in [-0.15, -0.1) is 6.58 Å². The molecular weight excluding hydrogens is 335 g/mol. The topological polar surface area (TPSA) is 43.4 Å². The number of rotatable bonds is 6. The van der Waals surface area contributed by atoms with E-state index in [2.05, 4.69) is 10.8 Å². The highest BCUT2D eigenvalue weighted by molar-refractivity contribution is 7.87. The Morgan fingerprint density at radius 3 is 1.60 bits per heavy atom. The average molecular weight is 340 g/mol. The molecular formula is C7H5F9O3S. The number of hydrogen-bond acceptors (Lipinski definition) is 3. The lowest BCUT2D eigenvalue weighted by Crippen LogP contribution is -2.63. The third-order valence-corrected chi connectivity index (χ3v) is 3.10. The van der Waals surface area contributed by atoms with Gasteiger partial charge in [0, 0.05) is 0 Å². The zero-order valence-corrected chi connectivity index (χ0v) is 9.84. The molecule has 0 aliphatic rings. The molecule has 0 spiro atoms. The van der Waals surface area contributed by atoms with Crippen LogP contribution in [0.25, 0.3) is 0 Å². The van der Waals surface area contributed by atoms with Crippen molar-refractivity contribution < 1.29 is 52.1 Å². The summed E-state index contributed by atoms with van der Waals surface area (Å²) in [7, 11) is -6.76. The molecule has 0 heterocycles. The largest absolute Gasteiger partial charge is 0.460 e. The third kappa shape index (κ3) is 2.73. The van der Waals surface area contributed by atoms with Crippen LogP contribution in [0.1, 0.15) is 0 Å². The van der Waals surface area contributed by atoms with Gasteiger partial charge in [0.2, 0.25) is 0 Å². The van der Waals surface area contributed by atoms with Crippen LogP contribution in [0.5, 0.6) is 0 Å². The molecule has 0 aromatic carbocycles. The predicted octanol–water partition coefficient (Wildman–Crippen LogP) is 2.94. The van der Waals surface area contributed by atoms with Gasteiger partial charge in [0.05, 0.1) is 6.61 Å². The fourth-order valence-electron chi connectivity index (χ4n) is 0.729. The van der Waals surface area contributed by atoms with Crippen LogP contribution >= 0.6 is 0 Å². The van der Waals surface area contributed by atoms with E-state index < -0.39 is 40.0 Å². The maximum atomic E-state index is 12.9. The summed E-state index contributed by atoms with van der Waals surface area (Å²) < 4.78 is 135. The monoisotopic (exact) mass is 340 g/mol. The molecule has 0 bridgehead atoms. The van der Waals surface area contributed by atoms with Crippen molar-refractivity contribution >= 4 is 10.1 Å². The fourth-order valence-corrected chi connectivity index (χ4v) is 1.60. The number of halogens is 9. The Kier molecular flexibility index (Phi) is 4.84. The van der Waals surface area contributed by atoms with Crippen LogP contribution in [0.4, 0.5) is 39.5 Å². The van der Waals surface area contributed by atoms with Crippen molar-refractivity contribution in [2.75, 3.05) is 6.61 Å². The molecule has 120 valence electrons. The van der Waals surface area contributed by atoms with Crippen LogP contribution in [0, 0.1) is 0 Å². The molecule has 0 aliphatic heterocycles. The van der Waals surface area contributed by atoms with E-state index in [1.54, 1.807) is 0 Å². The first-order chi connectivity index (χ1) is 8.56. The molecule has 0 aromatic rings. The molecule has 0 rings (SSSR count). The zero-order chi connectivity index (χ0) is 16.6. The molecule has 0 saturated carbocycles. The van der Waals surface area contributed by atoms with Crippen molar-refractivity contribution in [2.24, 2.45) is 0 Å². The van der Waals surface area contributed by atoms with Crippen LogP contribution in [0.2, 0.25) is 0 Å². The molecule has 0 saturated heterocycles. The lowest BCUT2D eigenvalue weighted by atomic mass is 10.1. The second-order valence-electron chi connectivity index (χ2n) is 3.19. The molecule has 0 amide bonds. The third-order valence-electron chi connectivity index (χ3n) is 1.77. The highest BCUT2D eigenvalue weighted by atomic mass is 32.2. The Bertz CT molecular complexity index is 464. The number of alkyl halides is 9. The van der Waals surface area contributed by atoms with Crippen molar-refractivity contribution in [3.05, 3.63) is 12.7 Å². The van der Waals surface area contributed by atoms with Crippen LogP contribution in [0.3, 0.4) is 0 Å². The standard InChI is InChI=1S/C7H5F9O3S/c1-2-3-19-20(17,18)7(15,16)5(10,11)4(8,9)6(12,13)14/h2H,1,3H2. The summed E-state index contributed by atoms with van der Waals surface area (Å²) in [6, 6.07) is 0. The molecule has 3 nitrogen and oxygen atoms in total. The molecule has 13 heteroatoms. The van der Waals surface area contributed by atoms with Gasteiger partial charge in [-0.25, -0.2) is 0 Å². The van der Waals surface area contributed by atoms with Crippen LogP contribution in [-0.4, -0.2) is 38.3 Å². The second kappa shape index (κ2) is 5.09. The van der Waals surface area contributed by atoms with E-state index >= 15 is 0 Å². The van der Waals surface area contributed by atoms with Gasteiger partial charge in [-0.2, -0.15) is 47.9 Å². The summed E-state index contributed by atoms with van der Waals surface area (Å²) in [5.41, 5.74) is 0. The number of hydrogen-bond donors (Lipinski definition) is 0. The van der Waals surface area contributed by atoms with Crippen molar-refractivity contribution in [1.82, 2.24) is 0 Å². The van der Waals surface area contributed by atoms with Gasteiger partial charge in [-0.05, 0) is 0 Å². The maximum Gasteiger partial charge on any atom is 0.460 e. The van der Waals surface area contributed by atoms with E-state index in [4.69, 9.17) is 0 Å². The molecule has 0 N–H and O–H groups in total. The highest BCUT2D eigenvalue weighted by Crippen LogP contribution is 2.54. The molecule has 0 aromatic heterocycles. The maximum absolute atomic E-state index is 12.9. The minimum Gasteiger partial charge on any atom is -0.261 e. The average Bonchev–Trinajstić information content (AvgIpc) is 2.24. The normalized spacial score (nSPS) is 15.2. The van der Waals surface area contributed by atoms with Gasteiger partial charge >= 0.3 is 33.4 Å². The molecule has 0 aliphatic carbocycles. The summed E-state index contributed by atoms with van der Waals surface area (Å²) in [5.74, 6) is -14.6. The van der Waals surface area contributed by atoms with E-state index in [0.717, 1.165) is 0 Å². The Morgan fingerprint density at radius 1 is 0.900 bits per heavy atom. The van der Waals surface area contributed by atoms with E-state index in [9.17, 15) is 47.9 Å². The summed E-state index contributed by atoms with van der Waals surface area (Å²) in [6.07, 6.45) is -6.64. The van der Waals surface area contributed by atoms with Gasteiger partial charge in [-0.3, -0.25) is 4.18 Å². The Labute approximate surface area is 106 Å². The Morgan fingerprint density at radius 2 is 1.30 bits per heavy atom. The van der Waals surface area contributed by atoms with Crippen molar-refractivity contribution in [2.45, 2.75) is 23.3 Å². The molecule has 0 atom stereocenters. The highest BCUT2D eigenvalue weighted by Gasteiger charge is 2.85. The van der Waals surface area contributed by atoms with Crippen LogP contribution < -0.4 is 0 Å². The summed E-state index contributed by atoms with van der Waals surface area (Å²) in [5, 5.41) is -6.82. The van der Waals surface area contributed by atoms with Crippen molar-refractivity contribution in [3.63, 3.8) is 0 Å². The molecule has 20 heavy (non-hydrogen) atoms. The second-order valence-corrected chi connectivity index (χ2v) is 4.85. The van der Waals surface area contributed by atoms with Gasteiger partial charge in [0.1, 0.15) is 0 Å². The van der Waals surface area contributed by atoms with Crippen molar-refractivity contribution in [1.29, 1.82) is 0 Å². The Hall–Kier alpha value is -0.980. The molecule has 0 fully saturated rings. The summed E-state index contributed by atoms with van der Waals surface area (Å²) in [6.45, 7) is 1.42. The minimum absolute atomic E-state index is 0.466. The summed E-state index contributed by atoms with van der Waals surface area (Å²) in [4.78, 5) is 0. The Balaban J connectivity index is 5.87. The smallest absolute Gasteiger partial charge is 0.261 e. The SMILES string of the molecule is C=CCOS(=O)(=O)C(F)(F)C(F)(F)C(F)(F)C(F)(F)F. The predicted molar refractivity (Wildman–Crippen MR) is 46.0 cm³/mol. The molecule has 0 radical (unpaired) electrons. The quantitative estimate of drug-likeness (QED) is 0.424. The lowest BCUT2D eigenvalue weighted by Gasteiger charge is -2.32. The fraction of sp³-hybridized carbons (Fsp3) is 0.714. The van der Waals surface area contributed by atoms with Gasteiger partial charge < -0.3 is 0 Å². The van der Waals surface area contributed by atoms with Gasteiger partial charge in [0.15, 0.2) is 0 Å². The van der Waals surface area contributed by atoms with Gasteiger partial charge in [0.25, 0.3) is 0 Å². The minimum atomic E-state index is -7.30. The van der Waals surface area contributed by atoms with Crippen LogP contribution in [-0.2, 0) is 14.3 Å². The lowest BCUT2D eigenvalue weighted by molar-refractivity contribution is -0.382. The zero-order valence-electron chi connectivity index (χ0n) is 9.03. The van der Waals surface area contributed by atoms with E-state index in [1.807, 2.05) is 0 Å². The van der Waals surface area contributed by atoms with Gasteiger partial charge in [-0.1, -0.05) is 6.08 Å².